The molecule has 0 radical (unpaired) electrons. The summed E-state index contributed by atoms with van der Waals surface area (Å²) in [6, 6.07) is 5.85. The van der Waals surface area contributed by atoms with Crippen LogP contribution in [0.3, 0.4) is 0 Å². The SMILES string of the molecule is O=Cc1occc1-c1c(F)cccc1Cl. The van der Waals surface area contributed by atoms with Gasteiger partial charge in [-0.25, -0.2) is 4.39 Å². The van der Waals surface area contributed by atoms with Crippen molar-refractivity contribution in [2.75, 3.05) is 0 Å². The van der Waals surface area contributed by atoms with Gasteiger partial charge >= 0.3 is 0 Å². The van der Waals surface area contributed by atoms with Crippen molar-refractivity contribution in [1.29, 1.82) is 0 Å². The Hall–Kier alpha value is -1.61. The Kier molecular flexibility index (Phi) is 2.56. The highest BCUT2D eigenvalue weighted by molar-refractivity contribution is 6.33. The molecule has 0 atom stereocenters. The number of furan rings is 1. The van der Waals surface area contributed by atoms with Gasteiger partial charge in [0.15, 0.2) is 12.0 Å². The lowest BCUT2D eigenvalue weighted by molar-refractivity contribution is 0.110. The van der Waals surface area contributed by atoms with Gasteiger partial charge in [0.2, 0.25) is 0 Å². The number of rotatable bonds is 2. The van der Waals surface area contributed by atoms with Crippen molar-refractivity contribution in [3.8, 4) is 11.1 Å². The monoisotopic (exact) mass is 224 g/mol. The van der Waals surface area contributed by atoms with E-state index in [9.17, 15) is 9.18 Å². The Bertz CT molecular complexity index is 485. The minimum absolute atomic E-state index is 0.0713. The standard InChI is InChI=1S/C11H6ClFO2/c12-8-2-1-3-9(13)11(8)7-4-5-15-10(7)6-14/h1-6H. The molecule has 2 aromatic rings. The van der Waals surface area contributed by atoms with Crippen LogP contribution in [-0.2, 0) is 0 Å². The molecule has 0 saturated heterocycles. The minimum Gasteiger partial charge on any atom is -0.461 e. The molecule has 0 aliphatic carbocycles. The highest BCUT2D eigenvalue weighted by Gasteiger charge is 2.15. The minimum atomic E-state index is -0.480. The predicted octanol–water partition coefficient (Wildman–Crippen LogP) is 3.55. The predicted molar refractivity (Wildman–Crippen MR) is 54.5 cm³/mol. The maximum Gasteiger partial charge on any atom is 0.185 e. The van der Waals surface area contributed by atoms with Crippen LogP contribution in [0.15, 0.2) is 34.9 Å². The van der Waals surface area contributed by atoms with Gasteiger partial charge in [-0.2, -0.15) is 0 Å². The fraction of sp³-hybridized carbons (Fsp3) is 0. The second-order valence-corrected chi connectivity index (χ2v) is 3.32. The summed E-state index contributed by atoms with van der Waals surface area (Å²) in [5.41, 5.74) is 0.558. The number of hydrogen-bond donors (Lipinski definition) is 0. The molecule has 0 fully saturated rings. The molecule has 0 amide bonds. The van der Waals surface area contributed by atoms with E-state index in [1.807, 2.05) is 0 Å². The largest absolute Gasteiger partial charge is 0.461 e. The molecular formula is C11H6ClFO2. The summed E-state index contributed by atoms with van der Waals surface area (Å²) in [7, 11) is 0. The third kappa shape index (κ3) is 1.66. The molecule has 4 heteroatoms. The number of benzene rings is 1. The van der Waals surface area contributed by atoms with E-state index in [-0.39, 0.29) is 16.3 Å². The zero-order valence-corrected chi connectivity index (χ0v) is 8.29. The van der Waals surface area contributed by atoms with Crippen LogP contribution >= 0.6 is 11.6 Å². The van der Waals surface area contributed by atoms with Gasteiger partial charge in [0.25, 0.3) is 0 Å². The van der Waals surface area contributed by atoms with Crippen molar-refractivity contribution in [3.05, 3.63) is 47.1 Å². The molecule has 0 N–H and O–H groups in total. The summed E-state index contributed by atoms with van der Waals surface area (Å²) in [6.45, 7) is 0. The first-order valence-electron chi connectivity index (χ1n) is 4.21. The molecular weight excluding hydrogens is 219 g/mol. The van der Waals surface area contributed by atoms with Crippen molar-refractivity contribution < 1.29 is 13.6 Å². The molecule has 0 spiro atoms. The van der Waals surface area contributed by atoms with Gasteiger partial charge in [-0.1, -0.05) is 17.7 Å². The van der Waals surface area contributed by atoms with Crippen LogP contribution in [0.1, 0.15) is 10.6 Å². The van der Waals surface area contributed by atoms with E-state index in [1.165, 1.54) is 24.5 Å². The van der Waals surface area contributed by atoms with Crippen LogP contribution in [0, 0.1) is 5.82 Å². The molecule has 15 heavy (non-hydrogen) atoms. The summed E-state index contributed by atoms with van der Waals surface area (Å²) < 4.78 is 18.4. The van der Waals surface area contributed by atoms with Crippen molar-refractivity contribution >= 4 is 17.9 Å². The first kappa shape index (κ1) is 9.93. The fourth-order valence-corrected chi connectivity index (χ4v) is 1.64. The van der Waals surface area contributed by atoms with E-state index in [4.69, 9.17) is 16.0 Å². The van der Waals surface area contributed by atoms with Gasteiger partial charge in [0, 0.05) is 11.1 Å². The van der Waals surface area contributed by atoms with Gasteiger partial charge < -0.3 is 4.42 Å². The van der Waals surface area contributed by atoms with Gasteiger partial charge in [-0.3, -0.25) is 4.79 Å². The highest BCUT2D eigenvalue weighted by Crippen LogP contribution is 2.32. The van der Waals surface area contributed by atoms with Gasteiger partial charge in [0.05, 0.1) is 11.3 Å². The second kappa shape index (κ2) is 3.87. The normalized spacial score (nSPS) is 10.3. The van der Waals surface area contributed by atoms with E-state index in [0.29, 0.717) is 11.8 Å². The molecule has 0 aliphatic rings. The van der Waals surface area contributed by atoms with Gasteiger partial charge in [-0.15, -0.1) is 0 Å². The molecule has 1 aromatic carbocycles. The molecule has 0 unspecified atom stereocenters. The van der Waals surface area contributed by atoms with Crippen LogP contribution in [0.4, 0.5) is 4.39 Å². The average molecular weight is 225 g/mol. The molecule has 0 saturated carbocycles. The first-order valence-corrected chi connectivity index (χ1v) is 4.59. The van der Waals surface area contributed by atoms with E-state index >= 15 is 0 Å². The summed E-state index contributed by atoms with van der Waals surface area (Å²) in [5, 5.41) is 0.250. The third-order valence-corrected chi connectivity index (χ3v) is 2.35. The van der Waals surface area contributed by atoms with Crippen molar-refractivity contribution in [2.24, 2.45) is 0 Å². The summed E-state index contributed by atoms with van der Waals surface area (Å²) in [5.74, 6) is -0.408. The molecule has 1 aromatic heterocycles. The summed E-state index contributed by atoms with van der Waals surface area (Å²) in [6.07, 6.45) is 1.85. The Morgan fingerprint density at radius 3 is 2.80 bits per heavy atom. The van der Waals surface area contributed by atoms with Gasteiger partial charge in [0.1, 0.15) is 5.82 Å². The summed E-state index contributed by atoms with van der Waals surface area (Å²) in [4.78, 5) is 10.6. The quantitative estimate of drug-likeness (QED) is 0.731. The van der Waals surface area contributed by atoms with Crippen LogP contribution in [0.2, 0.25) is 5.02 Å². The first-order chi connectivity index (χ1) is 7.24. The second-order valence-electron chi connectivity index (χ2n) is 2.91. The van der Waals surface area contributed by atoms with Crippen LogP contribution in [0.25, 0.3) is 11.1 Å². The summed E-state index contributed by atoms with van der Waals surface area (Å²) >= 11 is 5.85. The Morgan fingerprint density at radius 2 is 2.13 bits per heavy atom. The smallest absolute Gasteiger partial charge is 0.185 e. The fourth-order valence-electron chi connectivity index (χ4n) is 1.37. The number of halogens is 2. The lowest BCUT2D eigenvalue weighted by atomic mass is 10.1. The average Bonchev–Trinajstić information content (AvgIpc) is 2.65. The number of carbonyl (C=O) groups is 1. The van der Waals surface area contributed by atoms with Crippen molar-refractivity contribution in [2.45, 2.75) is 0 Å². The third-order valence-electron chi connectivity index (χ3n) is 2.03. The van der Waals surface area contributed by atoms with Crippen LogP contribution in [0.5, 0.6) is 0 Å². The molecule has 0 aliphatic heterocycles. The maximum atomic E-state index is 13.5. The maximum absolute atomic E-state index is 13.5. The lowest BCUT2D eigenvalue weighted by Gasteiger charge is -2.03. The van der Waals surface area contributed by atoms with Crippen LogP contribution in [-0.4, -0.2) is 6.29 Å². The molecule has 2 nitrogen and oxygen atoms in total. The van der Waals surface area contributed by atoms with E-state index in [0.717, 1.165) is 0 Å². The molecule has 76 valence electrons. The Balaban J connectivity index is 2.68. The van der Waals surface area contributed by atoms with E-state index in [1.54, 1.807) is 6.07 Å². The molecule has 0 bridgehead atoms. The molecule has 2 rings (SSSR count). The number of hydrogen-bond acceptors (Lipinski definition) is 2. The molecule has 1 heterocycles. The van der Waals surface area contributed by atoms with E-state index in [2.05, 4.69) is 0 Å². The topological polar surface area (TPSA) is 30.2 Å². The van der Waals surface area contributed by atoms with Crippen molar-refractivity contribution in [3.63, 3.8) is 0 Å². The lowest BCUT2D eigenvalue weighted by Crippen LogP contribution is -1.87. The van der Waals surface area contributed by atoms with Gasteiger partial charge in [-0.05, 0) is 18.2 Å². The van der Waals surface area contributed by atoms with Crippen molar-refractivity contribution in [1.82, 2.24) is 0 Å². The highest BCUT2D eigenvalue weighted by atomic mass is 35.5. The number of aldehydes is 1. The zero-order valence-electron chi connectivity index (χ0n) is 7.54. The Morgan fingerprint density at radius 1 is 1.33 bits per heavy atom. The van der Waals surface area contributed by atoms with E-state index < -0.39 is 5.82 Å². The number of carbonyl (C=O) groups excluding carboxylic acids is 1. The van der Waals surface area contributed by atoms with Crippen LogP contribution < -0.4 is 0 Å². The Labute approximate surface area is 90.3 Å². The zero-order chi connectivity index (χ0) is 10.8.